The highest BCUT2D eigenvalue weighted by atomic mass is 19.1. The van der Waals surface area contributed by atoms with Crippen molar-refractivity contribution in [2.45, 2.75) is 0 Å². The van der Waals surface area contributed by atoms with Gasteiger partial charge in [0, 0.05) is 11.5 Å². The maximum Gasteiger partial charge on any atom is 0.338 e. The van der Waals surface area contributed by atoms with Crippen LogP contribution in [0.15, 0.2) is 72.9 Å². The van der Waals surface area contributed by atoms with Crippen molar-refractivity contribution in [3.8, 4) is 34.3 Å². The third-order valence-corrected chi connectivity index (χ3v) is 5.04. The van der Waals surface area contributed by atoms with Gasteiger partial charge in [-0.3, -0.25) is 0 Å². The molecule has 0 aliphatic carbocycles. The number of phenols is 1. The van der Waals surface area contributed by atoms with Crippen LogP contribution in [0.1, 0.15) is 10.4 Å². The van der Waals surface area contributed by atoms with Gasteiger partial charge in [-0.1, -0.05) is 11.3 Å². The number of phenolic OH excluding ortho intramolecular Hbond substituents is 1. The first kappa shape index (κ1) is 21.0. The minimum atomic E-state index is -1.39. The Hall–Kier alpha value is -4.86. The molecule has 8 nitrogen and oxygen atoms in total. The van der Waals surface area contributed by atoms with Crippen molar-refractivity contribution in [3.05, 3.63) is 90.1 Å². The SMILES string of the molecule is O=C(O)c1cc(Oc2cccc3nc(-c4cn(-c5ccc(O)c(F)c5)nn4)ccc23)ccc1F. The fourth-order valence-electron chi connectivity index (χ4n) is 3.36. The molecule has 2 N–H and O–H groups in total. The predicted octanol–water partition coefficient (Wildman–Crippen LogP) is 4.96. The lowest BCUT2D eigenvalue weighted by Crippen LogP contribution is -2.00. The van der Waals surface area contributed by atoms with Gasteiger partial charge in [0.1, 0.15) is 23.0 Å². The number of benzene rings is 3. The average molecular weight is 460 g/mol. The van der Waals surface area contributed by atoms with E-state index in [4.69, 9.17) is 9.84 Å². The second-order valence-corrected chi connectivity index (χ2v) is 7.25. The summed E-state index contributed by atoms with van der Waals surface area (Å²) in [5.74, 6) is -2.91. The highest BCUT2D eigenvalue weighted by Crippen LogP contribution is 2.31. The van der Waals surface area contributed by atoms with E-state index in [0.29, 0.717) is 33.7 Å². The number of ether oxygens (including phenoxy) is 1. The van der Waals surface area contributed by atoms with Crippen molar-refractivity contribution >= 4 is 16.9 Å². The Morgan fingerprint density at radius 1 is 0.941 bits per heavy atom. The number of hydrogen-bond acceptors (Lipinski definition) is 6. The molecule has 0 bridgehead atoms. The molecular formula is C24H14F2N4O4. The van der Waals surface area contributed by atoms with E-state index in [-0.39, 0.29) is 5.75 Å². The molecule has 0 fully saturated rings. The van der Waals surface area contributed by atoms with Gasteiger partial charge in [0.15, 0.2) is 11.6 Å². The number of hydrogen-bond donors (Lipinski definition) is 2. The molecule has 5 aromatic rings. The lowest BCUT2D eigenvalue weighted by atomic mass is 10.1. The molecule has 3 aromatic carbocycles. The van der Waals surface area contributed by atoms with E-state index < -0.39 is 28.9 Å². The van der Waals surface area contributed by atoms with E-state index in [0.717, 1.165) is 18.2 Å². The number of aromatic nitrogens is 4. The number of carboxylic acid groups (broad SMARTS) is 1. The summed E-state index contributed by atoms with van der Waals surface area (Å²) in [7, 11) is 0. The Morgan fingerprint density at radius 3 is 2.59 bits per heavy atom. The van der Waals surface area contributed by atoms with Gasteiger partial charge in [0.05, 0.1) is 28.7 Å². The first-order chi connectivity index (χ1) is 16.4. The molecule has 0 aliphatic rings. The summed E-state index contributed by atoms with van der Waals surface area (Å²) >= 11 is 0. The molecule has 2 heterocycles. The molecule has 168 valence electrons. The molecule has 0 radical (unpaired) electrons. The summed E-state index contributed by atoms with van der Waals surface area (Å²) in [6.07, 6.45) is 1.58. The third-order valence-electron chi connectivity index (χ3n) is 5.04. The van der Waals surface area contributed by atoms with E-state index in [1.165, 1.54) is 22.9 Å². The van der Waals surface area contributed by atoms with Gasteiger partial charge in [-0.15, -0.1) is 5.10 Å². The second-order valence-electron chi connectivity index (χ2n) is 7.25. The molecule has 10 heteroatoms. The molecule has 5 rings (SSSR count). The van der Waals surface area contributed by atoms with Crippen molar-refractivity contribution in [3.63, 3.8) is 0 Å². The predicted molar refractivity (Wildman–Crippen MR) is 117 cm³/mol. The molecule has 0 unspecified atom stereocenters. The molecule has 0 amide bonds. The van der Waals surface area contributed by atoms with E-state index in [1.54, 1.807) is 36.5 Å². The van der Waals surface area contributed by atoms with Gasteiger partial charge < -0.3 is 14.9 Å². The average Bonchev–Trinajstić information content (AvgIpc) is 3.32. The molecule has 34 heavy (non-hydrogen) atoms. The molecule has 0 aliphatic heterocycles. The second kappa shape index (κ2) is 8.24. The molecule has 0 saturated carbocycles. The van der Waals surface area contributed by atoms with E-state index in [1.807, 2.05) is 0 Å². The molecule has 0 atom stereocenters. The molecule has 0 spiro atoms. The Bertz CT molecular complexity index is 1570. The lowest BCUT2D eigenvalue weighted by Gasteiger charge is -2.10. The lowest BCUT2D eigenvalue weighted by molar-refractivity contribution is 0.0691. The van der Waals surface area contributed by atoms with Crippen molar-refractivity contribution in [1.29, 1.82) is 0 Å². The zero-order valence-corrected chi connectivity index (χ0v) is 17.2. The third kappa shape index (κ3) is 3.88. The monoisotopic (exact) mass is 460 g/mol. The van der Waals surface area contributed by atoms with Crippen LogP contribution in [0.25, 0.3) is 28.0 Å². The van der Waals surface area contributed by atoms with Crippen LogP contribution in [-0.2, 0) is 0 Å². The summed E-state index contributed by atoms with van der Waals surface area (Å²) in [4.78, 5) is 15.8. The Morgan fingerprint density at radius 2 is 1.79 bits per heavy atom. The summed E-state index contributed by atoms with van der Waals surface area (Å²) in [6, 6.07) is 16.0. The minimum Gasteiger partial charge on any atom is -0.505 e. The van der Waals surface area contributed by atoms with E-state index in [9.17, 15) is 18.7 Å². The number of aromatic carboxylic acids is 1. The first-order valence-electron chi connectivity index (χ1n) is 9.91. The standard InChI is InChI=1S/C24H14F2N4O4/c25-17-7-5-14(11-16(17)24(32)33)34-23-3-1-2-19-15(23)6-8-20(27-19)21-12-30(29-28-21)13-4-9-22(31)18(26)10-13/h1-12,31H,(H,32,33). The van der Waals surface area contributed by atoms with E-state index in [2.05, 4.69) is 15.3 Å². The molecule has 2 aromatic heterocycles. The summed E-state index contributed by atoms with van der Waals surface area (Å²) in [5, 5.41) is 27.2. The highest BCUT2D eigenvalue weighted by Gasteiger charge is 2.14. The molecule has 0 saturated heterocycles. The number of pyridine rings is 1. The van der Waals surface area contributed by atoms with E-state index >= 15 is 0 Å². The smallest absolute Gasteiger partial charge is 0.338 e. The minimum absolute atomic E-state index is 0.166. The summed E-state index contributed by atoms with van der Waals surface area (Å²) in [5.41, 5.74) is 1.40. The van der Waals surface area contributed by atoms with Gasteiger partial charge in [0.25, 0.3) is 0 Å². The van der Waals surface area contributed by atoms with Gasteiger partial charge in [-0.2, -0.15) is 0 Å². The van der Waals surface area contributed by atoms with Gasteiger partial charge in [-0.05, 0) is 54.6 Å². The fourth-order valence-corrected chi connectivity index (χ4v) is 3.36. The number of halogens is 2. The van der Waals surface area contributed by atoms with Crippen molar-refractivity contribution < 1.29 is 28.5 Å². The Labute approximate surface area is 190 Å². The fraction of sp³-hybridized carbons (Fsp3) is 0. The van der Waals surface area contributed by atoms with Crippen LogP contribution in [0, 0.1) is 11.6 Å². The Kier molecular flexibility index (Phi) is 5.09. The molecular weight excluding hydrogens is 446 g/mol. The van der Waals surface area contributed by atoms with Crippen LogP contribution in [0.3, 0.4) is 0 Å². The van der Waals surface area contributed by atoms with Crippen LogP contribution in [0.2, 0.25) is 0 Å². The number of rotatable bonds is 5. The van der Waals surface area contributed by atoms with Gasteiger partial charge in [-0.25, -0.2) is 23.2 Å². The van der Waals surface area contributed by atoms with Crippen molar-refractivity contribution in [2.24, 2.45) is 0 Å². The van der Waals surface area contributed by atoms with Crippen LogP contribution >= 0.6 is 0 Å². The van der Waals surface area contributed by atoms with Gasteiger partial charge in [0.2, 0.25) is 0 Å². The zero-order chi connectivity index (χ0) is 23.8. The first-order valence-corrected chi connectivity index (χ1v) is 9.91. The van der Waals surface area contributed by atoms with Crippen LogP contribution < -0.4 is 4.74 Å². The maximum absolute atomic E-state index is 13.7. The summed E-state index contributed by atoms with van der Waals surface area (Å²) < 4.78 is 34.5. The number of aromatic hydroxyl groups is 1. The van der Waals surface area contributed by atoms with Crippen molar-refractivity contribution in [2.75, 3.05) is 0 Å². The van der Waals surface area contributed by atoms with Crippen LogP contribution in [0.5, 0.6) is 17.2 Å². The van der Waals surface area contributed by atoms with Crippen LogP contribution in [-0.4, -0.2) is 36.2 Å². The summed E-state index contributed by atoms with van der Waals surface area (Å²) in [6.45, 7) is 0. The highest BCUT2D eigenvalue weighted by molar-refractivity contribution is 5.89. The quantitative estimate of drug-likeness (QED) is 0.382. The largest absolute Gasteiger partial charge is 0.505 e. The van der Waals surface area contributed by atoms with Crippen LogP contribution in [0.4, 0.5) is 8.78 Å². The Balaban J connectivity index is 1.47. The maximum atomic E-state index is 13.7. The number of nitrogens with zero attached hydrogens (tertiary/aromatic N) is 4. The normalized spacial score (nSPS) is 11.0. The van der Waals surface area contributed by atoms with Gasteiger partial charge >= 0.3 is 5.97 Å². The number of fused-ring (bicyclic) bond motifs is 1. The topological polar surface area (TPSA) is 110 Å². The number of carbonyl (C=O) groups is 1. The number of carboxylic acids is 1. The van der Waals surface area contributed by atoms with Crippen molar-refractivity contribution in [1.82, 2.24) is 20.0 Å². The zero-order valence-electron chi connectivity index (χ0n) is 17.2.